The molecular weight excluding hydrogens is 142 g/mol. The molecule has 2 rings (SSSR count). The molecule has 3 heteroatoms. The fraction of sp³-hybridized carbons (Fsp3) is 0.500. The molecule has 11 heavy (non-hydrogen) atoms. The fourth-order valence-electron chi connectivity index (χ4n) is 1.29. The van der Waals surface area contributed by atoms with Crippen molar-refractivity contribution in [1.82, 2.24) is 4.90 Å². The predicted molar refractivity (Wildman–Crippen MR) is 40.0 cm³/mol. The molecule has 1 aliphatic rings. The maximum Gasteiger partial charge on any atom is 0.117 e. The Morgan fingerprint density at radius 3 is 3.00 bits per heavy atom. The summed E-state index contributed by atoms with van der Waals surface area (Å²) in [4.78, 5) is 2.14. The topological polar surface area (TPSA) is 36.6 Å². The van der Waals surface area contributed by atoms with E-state index in [1.54, 1.807) is 6.26 Å². The van der Waals surface area contributed by atoms with Gasteiger partial charge in [0.25, 0.3) is 0 Å². The second-order valence-electron chi connectivity index (χ2n) is 2.93. The van der Waals surface area contributed by atoms with Crippen molar-refractivity contribution in [3.05, 3.63) is 24.2 Å². The van der Waals surface area contributed by atoms with E-state index in [2.05, 4.69) is 4.90 Å². The standard InChI is InChI=1S/C8H11NO2/c10-7-4-9(5-7)6-8-2-1-3-11-8/h1-3,7,10H,4-6H2. The third kappa shape index (κ3) is 1.44. The van der Waals surface area contributed by atoms with Crippen molar-refractivity contribution >= 4 is 0 Å². The third-order valence-electron chi connectivity index (χ3n) is 1.90. The molecule has 1 aromatic heterocycles. The van der Waals surface area contributed by atoms with Crippen molar-refractivity contribution in [3.63, 3.8) is 0 Å². The molecule has 1 aliphatic heterocycles. The van der Waals surface area contributed by atoms with Crippen LogP contribution in [0.3, 0.4) is 0 Å². The summed E-state index contributed by atoms with van der Waals surface area (Å²) in [7, 11) is 0. The Morgan fingerprint density at radius 2 is 2.45 bits per heavy atom. The van der Waals surface area contributed by atoms with Gasteiger partial charge in [-0.15, -0.1) is 0 Å². The molecule has 1 fully saturated rings. The lowest BCUT2D eigenvalue weighted by atomic mass is 10.2. The number of furan rings is 1. The summed E-state index contributed by atoms with van der Waals surface area (Å²) in [5, 5.41) is 8.97. The number of hydrogen-bond acceptors (Lipinski definition) is 3. The molecule has 0 bridgehead atoms. The molecule has 0 atom stereocenters. The molecular formula is C8H11NO2. The first-order valence-electron chi connectivity index (χ1n) is 3.77. The molecule has 0 unspecified atom stereocenters. The van der Waals surface area contributed by atoms with E-state index in [0.29, 0.717) is 0 Å². The Labute approximate surface area is 65.2 Å². The lowest BCUT2D eigenvalue weighted by Crippen LogP contribution is -2.49. The first-order valence-corrected chi connectivity index (χ1v) is 3.77. The number of likely N-dealkylation sites (tertiary alicyclic amines) is 1. The van der Waals surface area contributed by atoms with E-state index < -0.39 is 0 Å². The number of hydrogen-bond donors (Lipinski definition) is 1. The van der Waals surface area contributed by atoms with Crippen molar-refractivity contribution in [1.29, 1.82) is 0 Å². The van der Waals surface area contributed by atoms with Crippen molar-refractivity contribution < 1.29 is 9.52 Å². The van der Waals surface area contributed by atoms with E-state index in [9.17, 15) is 0 Å². The van der Waals surface area contributed by atoms with Gasteiger partial charge in [-0.05, 0) is 12.1 Å². The Hall–Kier alpha value is -0.800. The highest BCUT2D eigenvalue weighted by molar-refractivity contribution is 4.99. The zero-order chi connectivity index (χ0) is 7.68. The average Bonchev–Trinajstić information content (AvgIpc) is 2.36. The van der Waals surface area contributed by atoms with Gasteiger partial charge in [-0.1, -0.05) is 0 Å². The predicted octanol–water partition coefficient (Wildman–Crippen LogP) is 0.456. The fourth-order valence-corrected chi connectivity index (χ4v) is 1.29. The Morgan fingerprint density at radius 1 is 1.64 bits per heavy atom. The lowest BCUT2D eigenvalue weighted by Gasteiger charge is -2.34. The SMILES string of the molecule is OC1CN(Cc2ccco2)C1. The Kier molecular flexibility index (Phi) is 1.68. The van der Waals surface area contributed by atoms with Crippen molar-refractivity contribution in [3.8, 4) is 0 Å². The highest BCUT2D eigenvalue weighted by Gasteiger charge is 2.24. The van der Waals surface area contributed by atoms with Gasteiger partial charge in [0.1, 0.15) is 5.76 Å². The largest absolute Gasteiger partial charge is 0.468 e. The van der Waals surface area contributed by atoms with Crippen molar-refractivity contribution in [2.24, 2.45) is 0 Å². The molecule has 0 spiro atoms. The van der Waals surface area contributed by atoms with Gasteiger partial charge >= 0.3 is 0 Å². The minimum absolute atomic E-state index is 0.120. The van der Waals surface area contributed by atoms with Gasteiger partial charge in [0, 0.05) is 13.1 Å². The third-order valence-corrected chi connectivity index (χ3v) is 1.90. The number of aliphatic hydroxyl groups is 1. The van der Waals surface area contributed by atoms with Gasteiger partial charge in [0.2, 0.25) is 0 Å². The molecule has 0 radical (unpaired) electrons. The molecule has 0 amide bonds. The maximum absolute atomic E-state index is 8.97. The molecule has 0 aliphatic carbocycles. The molecule has 3 nitrogen and oxygen atoms in total. The Bertz CT molecular complexity index is 214. The summed E-state index contributed by atoms with van der Waals surface area (Å²) in [6.45, 7) is 2.38. The van der Waals surface area contributed by atoms with Gasteiger partial charge in [-0.3, -0.25) is 4.90 Å². The van der Waals surface area contributed by atoms with E-state index in [0.717, 1.165) is 25.4 Å². The lowest BCUT2D eigenvalue weighted by molar-refractivity contribution is -0.00627. The van der Waals surface area contributed by atoms with Crippen LogP contribution in [0.25, 0.3) is 0 Å². The number of aliphatic hydroxyl groups excluding tert-OH is 1. The Balaban J connectivity index is 1.84. The van der Waals surface area contributed by atoms with Gasteiger partial charge in [-0.2, -0.15) is 0 Å². The highest BCUT2D eigenvalue weighted by atomic mass is 16.3. The van der Waals surface area contributed by atoms with E-state index in [-0.39, 0.29) is 6.10 Å². The van der Waals surface area contributed by atoms with E-state index >= 15 is 0 Å². The van der Waals surface area contributed by atoms with Crippen molar-refractivity contribution in [2.75, 3.05) is 13.1 Å². The van der Waals surface area contributed by atoms with Crippen LogP contribution in [0.5, 0.6) is 0 Å². The molecule has 0 saturated carbocycles. The minimum Gasteiger partial charge on any atom is -0.468 e. The van der Waals surface area contributed by atoms with Gasteiger partial charge < -0.3 is 9.52 Å². The van der Waals surface area contributed by atoms with Crippen LogP contribution in [0.1, 0.15) is 5.76 Å². The zero-order valence-corrected chi connectivity index (χ0v) is 6.23. The van der Waals surface area contributed by atoms with Crippen LogP contribution in [-0.2, 0) is 6.54 Å². The summed E-state index contributed by atoms with van der Waals surface area (Å²) in [6, 6.07) is 3.83. The van der Waals surface area contributed by atoms with Gasteiger partial charge in [0.05, 0.1) is 18.9 Å². The quantitative estimate of drug-likeness (QED) is 0.670. The number of rotatable bonds is 2. The second kappa shape index (κ2) is 2.68. The molecule has 0 aromatic carbocycles. The molecule has 1 saturated heterocycles. The highest BCUT2D eigenvalue weighted by Crippen LogP contribution is 2.12. The molecule has 1 aromatic rings. The van der Waals surface area contributed by atoms with Crippen LogP contribution in [0.4, 0.5) is 0 Å². The van der Waals surface area contributed by atoms with Crippen LogP contribution in [0.15, 0.2) is 22.8 Å². The average molecular weight is 153 g/mol. The summed E-state index contributed by atoms with van der Waals surface area (Å²) in [6.07, 6.45) is 1.55. The van der Waals surface area contributed by atoms with Gasteiger partial charge in [0.15, 0.2) is 0 Å². The summed E-state index contributed by atoms with van der Waals surface area (Å²) >= 11 is 0. The minimum atomic E-state index is -0.120. The van der Waals surface area contributed by atoms with E-state index in [4.69, 9.17) is 9.52 Å². The van der Waals surface area contributed by atoms with Crippen LogP contribution in [-0.4, -0.2) is 29.2 Å². The number of β-amino-alcohol motifs (C(OH)–C–C–N with tert-alkyl or cyclic N) is 1. The van der Waals surface area contributed by atoms with Crippen LogP contribution >= 0.6 is 0 Å². The molecule has 2 heterocycles. The smallest absolute Gasteiger partial charge is 0.117 e. The van der Waals surface area contributed by atoms with Crippen LogP contribution in [0, 0.1) is 0 Å². The van der Waals surface area contributed by atoms with Gasteiger partial charge in [-0.25, -0.2) is 0 Å². The van der Waals surface area contributed by atoms with E-state index in [1.165, 1.54) is 0 Å². The van der Waals surface area contributed by atoms with Crippen LogP contribution < -0.4 is 0 Å². The first kappa shape index (κ1) is 6.88. The zero-order valence-electron chi connectivity index (χ0n) is 6.23. The second-order valence-corrected chi connectivity index (χ2v) is 2.93. The summed E-state index contributed by atoms with van der Waals surface area (Å²) in [5.41, 5.74) is 0. The van der Waals surface area contributed by atoms with Crippen LogP contribution in [0.2, 0.25) is 0 Å². The summed E-state index contributed by atoms with van der Waals surface area (Å²) < 4.78 is 5.15. The summed E-state index contributed by atoms with van der Waals surface area (Å²) in [5.74, 6) is 0.969. The normalized spacial score (nSPS) is 20.1. The van der Waals surface area contributed by atoms with E-state index in [1.807, 2.05) is 12.1 Å². The number of nitrogens with zero attached hydrogens (tertiary/aromatic N) is 1. The molecule has 1 N–H and O–H groups in total. The van der Waals surface area contributed by atoms with Crippen molar-refractivity contribution in [2.45, 2.75) is 12.6 Å². The maximum atomic E-state index is 8.97. The monoisotopic (exact) mass is 153 g/mol. The molecule has 60 valence electrons. The first-order chi connectivity index (χ1) is 5.34.